The number of nitrogens with two attached hydrogens (primary N) is 1. The predicted molar refractivity (Wildman–Crippen MR) is 76.4 cm³/mol. The van der Waals surface area contributed by atoms with Crippen LogP contribution in [0.3, 0.4) is 0 Å². The van der Waals surface area contributed by atoms with Crippen LogP contribution in [0.2, 0.25) is 0 Å². The van der Waals surface area contributed by atoms with Gasteiger partial charge in [-0.15, -0.1) is 0 Å². The Morgan fingerprint density at radius 3 is 2.78 bits per heavy atom. The highest BCUT2D eigenvalue weighted by Crippen LogP contribution is 2.10. The molecule has 98 valence electrons. The molecule has 0 aromatic heterocycles. The third kappa shape index (κ3) is 4.91. The van der Waals surface area contributed by atoms with Crippen molar-refractivity contribution >= 4 is 0 Å². The summed E-state index contributed by atoms with van der Waals surface area (Å²) in [5, 5.41) is 0. The van der Waals surface area contributed by atoms with Crippen molar-refractivity contribution in [3.63, 3.8) is 0 Å². The second-order valence-corrected chi connectivity index (χ2v) is 4.33. The molecule has 0 radical (unpaired) electrons. The Morgan fingerprint density at radius 1 is 1.33 bits per heavy atom. The summed E-state index contributed by atoms with van der Waals surface area (Å²) in [4.78, 5) is 0. The quantitative estimate of drug-likeness (QED) is 0.782. The Balaban J connectivity index is 2.79. The van der Waals surface area contributed by atoms with Gasteiger partial charge in [-0.1, -0.05) is 43.4 Å². The maximum absolute atomic E-state index is 5.55. The summed E-state index contributed by atoms with van der Waals surface area (Å²) < 4.78 is 5.34. The van der Waals surface area contributed by atoms with Crippen molar-refractivity contribution in [3.8, 4) is 11.8 Å². The van der Waals surface area contributed by atoms with Gasteiger partial charge in [0.2, 0.25) is 0 Å². The molecule has 0 aliphatic rings. The van der Waals surface area contributed by atoms with Gasteiger partial charge in [0.1, 0.15) is 6.10 Å². The van der Waals surface area contributed by atoms with Crippen LogP contribution in [0.1, 0.15) is 37.3 Å². The number of ether oxygens (including phenoxy) is 1. The molecule has 1 aromatic carbocycles. The van der Waals surface area contributed by atoms with E-state index in [1.165, 1.54) is 5.56 Å². The van der Waals surface area contributed by atoms with E-state index in [0.717, 1.165) is 37.8 Å². The lowest BCUT2D eigenvalue weighted by Crippen LogP contribution is -2.06. The summed E-state index contributed by atoms with van der Waals surface area (Å²) in [6.07, 6.45) is 4.10. The van der Waals surface area contributed by atoms with Gasteiger partial charge in [0, 0.05) is 12.7 Å². The third-order valence-electron chi connectivity index (χ3n) is 2.87. The second-order valence-electron chi connectivity index (χ2n) is 4.33. The SMILES string of the molecule is CCCC(C#Cc1ccccc1CCCN)OC. The first-order valence-electron chi connectivity index (χ1n) is 6.64. The molecule has 0 saturated carbocycles. The van der Waals surface area contributed by atoms with E-state index in [0.29, 0.717) is 0 Å². The molecule has 0 fully saturated rings. The molecule has 0 bridgehead atoms. The average molecular weight is 245 g/mol. The fourth-order valence-corrected chi connectivity index (χ4v) is 1.82. The van der Waals surface area contributed by atoms with Gasteiger partial charge in [-0.05, 0) is 37.4 Å². The van der Waals surface area contributed by atoms with E-state index in [-0.39, 0.29) is 6.10 Å². The van der Waals surface area contributed by atoms with Crippen molar-refractivity contribution < 1.29 is 4.74 Å². The summed E-state index contributed by atoms with van der Waals surface area (Å²) in [7, 11) is 1.72. The fraction of sp³-hybridized carbons (Fsp3) is 0.500. The summed E-state index contributed by atoms with van der Waals surface area (Å²) in [6, 6.07) is 8.27. The van der Waals surface area contributed by atoms with Crippen molar-refractivity contribution in [2.45, 2.75) is 38.7 Å². The minimum absolute atomic E-state index is 0.0394. The Hall–Kier alpha value is -1.30. The first kappa shape index (κ1) is 14.8. The molecule has 2 heteroatoms. The third-order valence-corrected chi connectivity index (χ3v) is 2.87. The molecule has 0 spiro atoms. The zero-order valence-electron chi connectivity index (χ0n) is 11.4. The molecule has 2 nitrogen and oxygen atoms in total. The van der Waals surface area contributed by atoms with Gasteiger partial charge in [-0.2, -0.15) is 0 Å². The molecule has 1 rings (SSSR count). The highest BCUT2D eigenvalue weighted by molar-refractivity contribution is 5.41. The van der Waals surface area contributed by atoms with Crippen molar-refractivity contribution in [2.75, 3.05) is 13.7 Å². The molecule has 1 aromatic rings. The molecule has 0 saturated heterocycles. The molecular formula is C16H23NO. The highest BCUT2D eigenvalue weighted by Gasteiger charge is 2.01. The zero-order chi connectivity index (χ0) is 13.2. The number of aryl methyl sites for hydroxylation is 1. The van der Waals surface area contributed by atoms with Gasteiger partial charge >= 0.3 is 0 Å². The Labute approximate surface area is 111 Å². The molecule has 1 unspecified atom stereocenters. The van der Waals surface area contributed by atoms with Crippen LogP contribution in [0.25, 0.3) is 0 Å². The second kappa shape index (κ2) is 8.74. The monoisotopic (exact) mass is 245 g/mol. The van der Waals surface area contributed by atoms with Crippen LogP contribution in [0.15, 0.2) is 24.3 Å². The average Bonchev–Trinajstić information content (AvgIpc) is 2.42. The van der Waals surface area contributed by atoms with Gasteiger partial charge in [0.15, 0.2) is 0 Å². The molecular weight excluding hydrogens is 222 g/mol. The summed E-state index contributed by atoms with van der Waals surface area (Å²) in [6.45, 7) is 2.86. The van der Waals surface area contributed by atoms with Crippen LogP contribution in [-0.4, -0.2) is 19.8 Å². The van der Waals surface area contributed by atoms with E-state index >= 15 is 0 Å². The molecule has 0 amide bonds. The van der Waals surface area contributed by atoms with Crippen molar-refractivity contribution in [1.29, 1.82) is 0 Å². The molecule has 0 aliphatic carbocycles. The summed E-state index contributed by atoms with van der Waals surface area (Å²) >= 11 is 0. The maximum atomic E-state index is 5.55. The zero-order valence-corrected chi connectivity index (χ0v) is 11.4. The molecule has 2 N–H and O–H groups in total. The van der Waals surface area contributed by atoms with Crippen molar-refractivity contribution in [3.05, 3.63) is 35.4 Å². The largest absolute Gasteiger partial charge is 0.369 e. The number of methoxy groups -OCH3 is 1. The predicted octanol–water partition coefficient (Wildman–Crippen LogP) is 2.74. The smallest absolute Gasteiger partial charge is 0.118 e. The number of benzene rings is 1. The van der Waals surface area contributed by atoms with Gasteiger partial charge in [0.25, 0.3) is 0 Å². The van der Waals surface area contributed by atoms with Crippen LogP contribution in [0.5, 0.6) is 0 Å². The summed E-state index contributed by atoms with van der Waals surface area (Å²) in [5.74, 6) is 6.44. The van der Waals surface area contributed by atoms with E-state index < -0.39 is 0 Å². The first-order valence-corrected chi connectivity index (χ1v) is 6.64. The maximum Gasteiger partial charge on any atom is 0.118 e. The van der Waals surface area contributed by atoms with Crippen LogP contribution in [0, 0.1) is 11.8 Å². The van der Waals surface area contributed by atoms with E-state index in [1.807, 2.05) is 6.07 Å². The Bertz CT molecular complexity index is 403. The van der Waals surface area contributed by atoms with Gasteiger partial charge < -0.3 is 10.5 Å². The van der Waals surface area contributed by atoms with E-state index in [4.69, 9.17) is 10.5 Å². The molecule has 0 aliphatic heterocycles. The topological polar surface area (TPSA) is 35.2 Å². The highest BCUT2D eigenvalue weighted by atomic mass is 16.5. The normalized spacial score (nSPS) is 11.7. The van der Waals surface area contributed by atoms with Crippen molar-refractivity contribution in [1.82, 2.24) is 0 Å². The number of hydrogen-bond donors (Lipinski definition) is 1. The standard InChI is InChI=1S/C16H23NO/c1-3-7-16(18-2)12-11-15-9-5-4-8-14(15)10-6-13-17/h4-5,8-9,16H,3,6-7,10,13,17H2,1-2H3. The number of hydrogen-bond acceptors (Lipinski definition) is 2. The van der Waals surface area contributed by atoms with E-state index in [1.54, 1.807) is 7.11 Å². The number of rotatable bonds is 6. The molecule has 18 heavy (non-hydrogen) atoms. The lowest BCUT2D eigenvalue weighted by atomic mass is 10.0. The van der Waals surface area contributed by atoms with Crippen molar-refractivity contribution in [2.24, 2.45) is 5.73 Å². The van der Waals surface area contributed by atoms with Crippen LogP contribution in [-0.2, 0) is 11.2 Å². The molecule has 1 atom stereocenters. The minimum atomic E-state index is 0.0394. The first-order chi connectivity index (χ1) is 8.81. The lowest BCUT2D eigenvalue weighted by Gasteiger charge is -2.06. The molecule has 0 heterocycles. The lowest BCUT2D eigenvalue weighted by molar-refractivity contribution is 0.140. The Morgan fingerprint density at radius 2 is 2.11 bits per heavy atom. The summed E-state index contributed by atoms with van der Waals surface area (Å²) in [5.41, 5.74) is 7.93. The van der Waals surface area contributed by atoms with Gasteiger partial charge in [-0.25, -0.2) is 0 Å². The van der Waals surface area contributed by atoms with Crippen LogP contribution < -0.4 is 5.73 Å². The van der Waals surface area contributed by atoms with Crippen LogP contribution in [0.4, 0.5) is 0 Å². The van der Waals surface area contributed by atoms with Crippen LogP contribution >= 0.6 is 0 Å². The Kier molecular flexibility index (Phi) is 7.17. The van der Waals surface area contributed by atoms with E-state index in [9.17, 15) is 0 Å². The van der Waals surface area contributed by atoms with E-state index in [2.05, 4.69) is 37.0 Å². The van der Waals surface area contributed by atoms with Gasteiger partial charge in [0.05, 0.1) is 0 Å². The van der Waals surface area contributed by atoms with Gasteiger partial charge in [-0.3, -0.25) is 0 Å². The minimum Gasteiger partial charge on any atom is -0.369 e. The fourth-order valence-electron chi connectivity index (χ4n) is 1.82.